The van der Waals surface area contributed by atoms with Crippen LogP contribution < -0.4 is 5.73 Å². The molecule has 0 aliphatic rings. The van der Waals surface area contributed by atoms with Crippen molar-refractivity contribution in [3.63, 3.8) is 0 Å². The Hall–Kier alpha value is -2.14. The lowest BCUT2D eigenvalue weighted by molar-refractivity contribution is 0.505. The van der Waals surface area contributed by atoms with Crippen molar-refractivity contribution in [1.82, 2.24) is 9.55 Å². The third kappa shape index (κ3) is 1.82. The van der Waals surface area contributed by atoms with Crippen LogP contribution in [-0.2, 0) is 0 Å². The topological polar surface area (TPSA) is 43.8 Å². The fourth-order valence-corrected chi connectivity index (χ4v) is 2.16. The van der Waals surface area contributed by atoms with Crippen LogP contribution in [-0.4, -0.2) is 9.55 Å². The number of fused-ring (bicyclic) bond motifs is 1. The number of aromatic nitrogens is 2. The molecule has 1 aromatic heterocycles. The largest absolute Gasteiger partial charge is 0.369 e. The van der Waals surface area contributed by atoms with Gasteiger partial charge in [0.05, 0.1) is 16.7 Å². The van der Waals surface area contributed by atoms with Gasteiger partial charge >= 0.3 is 0 Å². The van der Waals surface area contributed by atoms with E-state index in [0.717, 1.165) is 6.07 Å². The van der Waals surface area contributed by atoms with Crippen LogP contribution in [0.2, 0.25) is 5.02 Å². The highest BCUT2D eigenvalue weighted by atomic mass is 35.5. The van der Waals surface area contributed by atoms with Crippen LogP contribution in [0.25, 0.3) is 16.7 Å². The van der Waals surface area contributed by atoms with Gasteiger partial charge < -0.3 is 5.73 Å². The Morgan fingerprint density at radius 2 is 1.95 bits per heavy atom. The molecule has 0 saturated carbocycles. The number of anilines is 1. The Bertz CT molecular complexity index is 783. The van der Waals surface area contributed by atoms with Crippen LogP contribution in [0.1, 0.15) is 0 Å². The molecule has 1 heterocycles. The van der Waals surface area contributed by atoms with Gasteiger partial charge in [0.2, 0.25) is 5.95 Å². The second-order valence-corrected chi connectivity index (χ2v) is 4.45. The number of halogens is 3. The Kier molecular flexibility index (Phi) is 2.64. The van der Waals surface area contributed by atoms with Gasteiger partial charge in [-0.3, -0.25) is 4.57 Å². The monoisotopic (exact) mass is 279 g/mol. The molecule has 0 saturated heterocycles. The van der Waals surface area contributed by atoms with E-state index in [9.17, 15) is 8.78 Å². The minimum absolute atomic E-state index is 0.0160. The lowest BCUT2D eigenvalue weighted by Gasteiger charge is -2.08. The van der Waals surface area contributed by atoms with Crippen LogP contribution in [0.3, 0.4) is 0 Å². The smallest absolute Gasteiger partial charge is 0.206 e. The van der Waals surface area contributed by atoms with E-state index in [1.807, 2.05) is 0 Å². The molecule has 0 unspecified atom stereocenters. The number of imidazole rings is 1. The summed E-state index contributed by atoms with van der Waals surface area (Å²) in [7, 11) is 0. The summed E-state index contributed by atoms with van der Waals surface area (Å²) < 4.78 is 28.5. The zero-order chi connectivity index (χ0) is 13.6. The molecule has 2 aromatic carbocycles. The van der Waals surface area contributed by atoms with Crippen molar-refractivity contribution in [1.29, 1.82) is 0 Å². The molecule has 0 radical (unpaired) electrons. The Morgan fingerprint density at radius 1 is 1.16 bits per heavy atom. The van der Waals surface area contributed by atoms with Crippen LogP contribution in [0.15, 0.2) is 36.4 Å². The number of hydrogen-bond acceptors (Lipinski definition) is 2. The van der Waals surface area contributed by atoms with Crippen LogP contribution in [0.5, 0.6) is 0 Å². The maximum absolute atomic E-state index is 13.8. The van der Waals surface area contributed by atoms with Gasteiger partial charge in [0.25, 0.3) is 0 Å². The van der Waals surface area contributed by atoms with Crippen LogP contribution >= 0.6 is 11.6 Å². The minimum atomic E-state index is -0.969. The van der Waals surface area contributed by atoms with E-state index in [1.165, 1.54) is 16.7 Å². The van der Waals surface area contributed by atoms with Gasteiger partial charge in [-0.25, -0.2) is 13.8 Å². The minimum Gasteiger partial charge on any atom is -0.369 e. The quantitative estimate of drug-likeness (QED) is 0.740. The van der Waals surface area contributed by atoms with Crippen LogP contribution in [0.4, 0.5) is 14.7 Å². The lowest BCUT2D eigenvalue weighted by atomic mass is 10.2. The molecule has 0 amide bonds. The van der Waals surface area contributed by atoms with E-state index in [4.69, 9.17) is 17.3 Å². The summed E-state index contributed by atoms with van der Waals surface area (Å²) in [5.74, 6) is -1.84. The first-order chi connectivity index (χ1) is 9.08. The summed E-state index contributed by atoms with van der Waals surface area (Å²) in [5, 5.41) is 0.497. The maximum Gasteiger partial charge on any atom is 0.206 e. The molecule has 2 N–H and O–H groups in total. The predicted molar refractivity (Wildman–Crippen MR) is 70.4 cm³/mol. The number of rotatable bonds is 1. The first kappa shape index (κ1) is 11.9. The fourth-order valence-electron chi connectivity index (χ4n) is 1.99. The van der Waals surface area contributed by atoms with Gasteiger partial charge in [-0.15, -0.1) is 0 Å². The zero-order valence-corrected chi connectivity index (χ0v) is 10.3. The average molecular weight is 280 g/mol. The van der Waals surface area contributed by atoms with Gasteiger partial charge in [0, 0.05) is 5.02 Å². The van der Waals surface area contributed by atoms with Crippen molar-refractivity contribution in [2.24, 2.45) is 0 Å². The molecule has 0 atom stereocenters. The first-order valence-corrected chi connectivity index (χ1v) is 5.83. The van der Waals surface area contributed by atoms with E-state index >= 15 is 0 Å². The third-order valence-electron chi connectivity index (χ3n) is 2.81. The normalized spacial score (nSPS) is 11.1. The van der Waals surface area contributed by atoms with Crippen molar-refractivity contribution < 1.29 is 8.78 Å². The highest BCUT2D eigenvalue weighted by Crippen LogP contribution is 2.27. The summed E-state index contributed by atoms with van der Waals surface area (Å²) in [6.07, 6.45) is 0. The van der Waals surface area contributed by atoms with Crippen molar-refractivity contribution in [2.45, 2.75) is 0 Å². The molecular weight excluding hydrogens is 272 g/mol. The van der Waals surface area contributed by atoms with Gasteiger partial charge in [0.1, 0.15) is 0 Å². The van der Waals surface area contributed by atoms with E-state index < -0.39 is 11.6 Å². The molecule has 19 heavy (non-hydrogen) atoms. The molecule has 96 valence electrons. The maximum atomic E-state index is 13.8. The van der Waals surface area contributed by atoms with Gasteiger partial charge in [-0.2, -0.15) is 0 Å². The fraction of sp³-hybridized carbons (Fsp3) is 0. The SMILES string of the molecule is Nc1nc2cc(Cl)ccc2n1-c1cccc(F)c1F. The summed E-state index contributed by atoms with van der Waals surface area (Å²) in [6.45, 7) is 0. The highest BCUT2D eigenvalue weighted by molar-refractivity contribution is 6.31. The van der Waals surface area contributed by atoms with Crippen molar-refractivity contribution in [2.75, 3.05) is 5.73 Å². The predicted octanol–water partition coefficient (Wildman–Crippen LogP) is 3.54. The summed E-state index contributed by atoms with van der Waals surface area (Å²) in [4.78, 5) is 4.09. The Morgan fingerprint density at radius 3 is 2.74 bits per heavy atom. The summed E-state index contributed by atoms with van der Waals surface area (Å²) in [6, 6.07) is 8.80. The Balaban J connectivity index is 2.36. The number of hydrogen-bond donors (Lipinski definition) is 1. The molecule has 0 bridgehead atoms. The number of nitrogens with two attached hydrogens (primary N) is 1. The average Bonchev–Trinajstić information content (AvgIpc) is 2.68. The lowest BCUT2D eigenvalue weighted by Crippen LogP contribution is -2.04. The molecule has 6 heteroatoms. The number of nitrogens with zero attached hydrogens (tertiary/aromatic N) is 2. The van der Waals surface area contributed by atoms with Crippen molar-refractivity contribution in [3.05, 3.63) is 53.1 Å². The third-order valence-corrected chi connectivity index (χ3v) is 3.05. The summed E-state index contributed by atoms with van der Waals surface area (Å²) >= 11 is 5.86. The first-order valence-electron chi connectivity index (χ1n) is 5.46. The molecule has 0 spiro atoms. The van der Waals surface area contributed by atoms with Crippen LogP contribution in [0, 0.1) is 11.6 Å². The number of nitrogen functional groups attached to an aromatic ring is 1. The van der Waals surface area contributed by atoms with E-state index in [0.29, 0.717) is 16.1 Å². The zero-order valence-electron chi connectivity index (χ0n) is 9.57. The second-order valence-electron chi connectivity index (χ2n) is 4.01. The van der Waals surface area contributed by atoms with Crippen molar-refractivity contribution in [3.8, 4) is 5.69 Å². The van der Waals surface area contributed by atoms with E-state index in [2.05, 4.69) is 4.98 Å². The molecule has 3 rings (SSSR count). The molecule has 0 aliphatic heterocycles. The van der Waals surface area contributed by atoms with E-state index in [1.54, 1.807) is 18.2 Å². The standard InChI is InChI=1S/C13H8ClF2N3/c14-7-4-5-10-9(6-7)18-13(17)19(10)11-3-1-2-8(15)12(11)16/h1-6H,(H2,17,18). The second kappa shape index (κ2) is 4.20. The van der Waals surface area contributed by atoms with Gasteiger partial charge in [-0.1, -0.05) is 17.7 Å². The molecule has 3 aromatic rings. The van der Waals surface area contributed by atoms with Crippen molar-refractivity contribution >= 4 is 28.6 Å². The highest BCUT2D eigenvalue weighted by Gasteiger charge is 2.15. The molecule has 0 fully saturated rings. The van der Waals surface area contributed by atoms with E-state index in [-0.39, 0.29) is 11.6 Å². The van der Waals surface area contributed by atoms with Gasteiger partial charge in [-0.05, 0) is 30.3 Å². The Labute approximate surface area is 112 Å². The molecular formula is C13H8ClF2N3. The van der Waals surface area contributed by atoms with Gasteiger partial charge in [0.15, 0.2) is 11.6 Å². The summed E-state index contributed by atoms with van der Waals surface area (Å²) in [5.41, 5.74) is 6.87. The molecule has 0 aliphatic carbocycles. The molecule has 3 nitrogen and oxygen atoms in total. The number of benzene rings is 2.